The lowest BCUT2D eigenvalue weighted by molar-refractivity contribution is 0.424. The maximum atomic E-state index is 5.47. The summed E-state index contributed by atoms with van der Waals surface area (Å²) in [4.78, 5) is 10.4. The van der Waals surface area contributed by atoms with E-state index < -0.39 is 0 Å². The third-order valence-corrected chi connectivity index (χ3v) is 1.71. The number of nitrogens with two attached hydrogens (primary N) is 1. The van der Waals surface area contributed by atoms with E-state index in [1.165, 1.54) is 0 Å². The topological polar surface area (TPSA) is 93.6 Å². The van der Waals surface area contributed by atoms with E-state index in [9.17, 15) is 0 Å². The number of rotatable bonds is 1. The number of aromatic nitrogens is 4. The second-order valence-electron chi connectivity index (χ2n) is 2.70. The summed E-state index contributed by atoms with van der Waals surface area (Å²) in [6, 6.07) is 1.73. The molecule has 0 aliphatic carbocycles. The van der Waals surface area contributed by atoms with Crippen molar-refractivity contribution >= 4 is 18.2 Å². The van der Waals surface area contributed by atoms with Crippen LogP contribution in [0.25, 0.3) is 11.6 Å². The molecule has 7 heteroatoms. The van der Waals surface area contributed by atoms with Crippen LogP contribution in [0.1, 0.15) is 5.69 Å². The van der Waals surface area contributed by atoms with Crippen LogP contribution in [0.4, 0.5) is 5.95 Å². The minimum Gasteiger partial charge on any atom is -0.369 e. The van der Waals surface area contributed by atoms with E-state index >= 15 is 0 Å². The van der Waals surface area contributed by atoms with E-state index in [1.54, 1.807) is 6.07 Å². The zero-order chi connectivity index (χ0) is 10.1. The predicted molar refractivity (Wildman–Crippen MR) is 51.9 cm³/mol. The molecule has 3 N–H and O–H groups in total. The van der Waals surface area contributed by atoms with Crippen LogP contribution in [0.3, 0.4) is 0 Å². The number of anilines is 1. The Bertz CT molecular complexity index is 517. The molecule has 0 spiro atoms. The van der Waals surface area contributed by atoms with Gasteiger partial charge in [-0.3, -0.25) is 0 Å². The van der Waals surface area contributed by atoms with E-state index in [-0.39, 0.29) is 10.7 Å². The maximum absolute atomic E-state index is 5.47. The van der Waals surface area contributed by atoms with Crippen molar-refractivity contribution in [2.24, 2.45) is 0 Å². The molecule has 14 heavy (non-hydrogen) atoms. The quantitative estimate of drug-likeness (QED) is 0.682. The fourth-order valence-electron chi connectivity index (χ4n) is 0.993. The summed E-state index contributed by atoms with van der Waals surface area (Å²) in [5, 5.41) is 3.72. The van der Waals surface area contributed by atoms with Gasteiger partial charge in [-0.2, -0.15) is 9.97 Å². The summed E-state index contributed by atoms with van der Waals surface area (Å²) in [5.74, 6) is 1.12. The van der Waals surface area contributed by atoms with E-state index in [0.29, 0.717) is 11.6 Å². The van der Waals surface area contributed by atoms with Crippen molar-refractivity contribution in [3.05, 3.63) is 16.5 Å². The SMILES string of the molecule is Cc1cc(-c2nc(=S)nc(N)[nH]2)on1. The number of hydrogen-bond acceptors (Lipinski definition) is 6. The number of nitrogen functional groups attached to an aromatic ring is 1. The summed E-state index contributed by atoms with van der Waals surface area (Å²) < 4.78 is 5.16. The molecule has 0 aliphatic heterocycles. The number of nitrogens with one attached hydrogen (secondary N) is 1. The van der Waals surface area contributed by atoms with Gasteiger partial charge in [-0.25, -0.2) is 0 Å². The van der Waals surface area contributed by atoms with Crippen molar-refractivity contribution < 1.29 is 4.52 Å². The summed E-state index contributed by atoms with van der Waals surface area (Å²) >= 11 is 4.81. The number of aromatic amines is 1. The Morgan fingerprint density at radius 3 is 2.86 bits per heavy atom. The Hall–Kier alpha value is -1.76. The van der Waals surface area contributed by atoms with Crippen LogP contribution in [0.2, 0.25) is 0 Å². The molecule has 0 saturated heterocycles. The molecule has 2 aromatic rings. The van der Waals surface area contributed by atoms with Gasteiger partial charge in [0.05, 0.1) is 5.69 Å². The van der Waals surface area contributed by atoms with Gasteiger partial charge < -0.3 is 15.2 Å². The zero-order valence-electron chi connectivity index (χ0n) is 7.31. The third-order valence-electron chi connectivity index (χ3n) is 1.53. The van der Waals surface area contributed by atoms with E-state index in [2.05, 4.69) is 20.1 Å². The number of nitrogens with zero attached hydrogens (tertiary/aromatic N) is 3. The zero-order valence-corrected chi connectivity index (χ0v) is 8.13. The third kappa shape index (κ3) is 1.62. The van der Waals surface area contributed by atoms with Crippen molar-refractivity contribution in [2.45, 2.75) is 6.92 Å². The Morgan fingerprint density at radius 1 is 1.50 bits per heavy atom. The number of H-pyrrole nitrogens is 1. The first-order chi connectivity index (χ1) is 6.65. The Kier molecular flexibility index (Phi) is 2.01. The fraction of sp³-hybridized carbons (Fsp3) is 0.143. The van der Waals surface area contributed by atoms with Crippen LogP contribution in [0, 0.1) is 11.7 Å². The van der Waals surface area contributed by atoms with Crippen LogP contribution >= 0.6 is 12.2 Å². The molecule has 0 aliphatic rings. The van der Waals surface area contributed by atoms with Crippen LogP contribution in [-0.2, 0) is 0 Å². The molecule has 0 fully saturated rings. The minimum absolute atomic E-state index is 0.172. The van der Waals surface area contributed by atoms with Crippen LogP contribution in [-0.4, -0.2) is 20.1 Å². The van der Waals surface area contributed by atoms with Crippen molar-refractivity contribution in [1.82, 2.24) is 20.1 Å². The molecular formula is C7H7N5OS. The highest BCUT2D eigenvalue weighted by Gasteiger charge is 2.07. The molecule has 0 radical (unpaired) electrons. The summed E-state index contributed by atoms with van der Waals surface area (Å²) in [6.07, 6.45) is 0. The number of hydrogen-bond donors (Lipinski definition) is 2. The average molecular weight is 209 g/mol. The summed E-state index contributed by atoms with van der Waals surface area (Å²) in [6.45, 7) is 1.81. The van der Waals surface area contributed by atoms with Gasteiger partial charge >= 0.3 is 0 Å². The van der Waals surface area contributed by atoms with Crippen LogP contribution in [0.15, 0.2) is 10.6 Å². The highest BCUT2D eigenvalue weighted by Crippen LogP contribution is 2.15. The van der Waals surface area contributed by atoms with Crippen LogP contribution in [0.5, 0.6) is 0 Å². The summed E-state index contributed by atoms with van der Waals surface area (Å²) in [7, 11) is 0. The molecule has 0 amide bonds. The molecule has 0 aromatic carbocycles. The van der Waals surface area contributed by atoms with Gasteiger partial charge in [-0.05, 0) is 19.1 Å². The van der Waals surface area contributed by atoms with E-state index in [4.69, 9.17) is 22.5 Å². The van der Waals surface area contributed by atoms with Gasteiger partial charge in [0.1, 0.15) is 0 Å². The first kappa shape index (κ1) is 8.82. The molecule has 2 heterocycles. The standard InChI is InChI=1S/C7H7N5OS/c1-3-2-4(13-12-3)5-9-6(8)11-7(14)10-5/h2H,1H3,(H3,8,9,10,11,14). The van der Waals surface area contributed by atoms with Gasteiger partial charge in [0.2, 0.25) is 16.5 Å². The van der Waals surface area contributed by atoms with Crippen molar-refractivity contribution in [2.75, 3.05) is 5.73 Å². The smallest absolute Gasteiger partial charge is 0.224 e. The first-order valence-corrected chi connectivity index (χ1v) is 4.23. The monoisotopic (exact) mass is 209 g/mol. The maximum Gasteiger partial charge on any atom is 0.224 e. The average Bonchev–Trinajstić information content (AvgIpc) is 2.50. The molecule has 0 atom stereocenters. The van der Waals surface area contributed by atoms with Gasteiger partial charge in [0.25, 0.3) is 0 Å². The van der Waals surface area contributed by atoms with E-state index in [0.717, 1.165) is 5.69 Å². The minimum atomic E-state index is 0.172. The molecular weight excluding hydrogens is 202 g/mol. The molecule has 0 bridgehead atoms. The van der Waals surface area contributed by atoms with Gasteiger partial charge in [-0.1, -0.05) is 5.16 Å². The summed E-state index contributed by atoms with van der Waals surface area (Å²) in [5.41, 5.74) is 6.23. The lowest BCUT2D eigenvalue weighted by Crippen LogP contribution is -1.99. The highest BCUT2D eigenvalue weighted by atomic mass is 32.1. The van der Waals surface area contributed by atoms with E-state index in [1.807, 2.05) is 6.92 Å². The second kappa shape index (κ2) is 3.18. The second-order valence-corrected chi connectivity index (χ2v) is 3.06. The molecule has 2 aromatic heterocycles. The Morgan fingerprint density at radius 2 is 2.29 bits per heavy atom. The first-order valence-electron chi connectivity index (χ1n) is 3.82. The highest BCUT2D eigenvalue weighted by molar-refractivity contribution is 7.71. The largest absolute Gasteiger partial charge is 0.369 e. The van der Waals surface area contributed by atoms with Gasteiger partial charge in [0, 0.05) is 6.07 Å². The van der Waals surface area contributed by atoms with Crippen molar-refractivity contribution in [3.63, 3.8) is 0 Å². The molecule has 2 rings (SSSR count). The fourth-order valence-corrected chi connectivity index (χ4v) is 1.18. The molecule has 6 nitrogen and oxygen atoms in total. The lowest BCUT2D eigenvalue weighted by Gasteiger charge is -1.95. The lowest BCUT2D eigenvalue weighted by atomic mass is 10.4. The van der Waals surface area contributed by atoms with Gasteiger partial charge in [-0.15, -0.1) is 0 Å². The predicted octanol–water partition coefficient (Wildman–Crippen LogP) is 1.08. The molecule has 0 saturated carbocycles. The van der Waals surface area contributed by atoms with Crippen LogP contribution < -0.4 is 5.73 Å². The normalized spacial score (nSPS) is 10.4. The Labute approximate surface area is 84.2 Å². The van der Waals surface area contributed by atoms with Gasteiger partial charge in [0.15, 0.2) is 5.82 Å². The molecule has 72 valence electrons. The number of aryl methyl sites for hydroxylation is 1. The molecule has 0 unspecified atom stereocenters. The van der Waals surface area contributed by atoms with Crippen molar-refractivity contribution in [1.29, 1.82) is 0 Å². The van der Waals surface area contributed by atoms with Crippen molar-refractivity contribution in [3.8, 4) is 11.6 Å². The Balaban J connectivity index is 2.56.